The molecule has 1 aromatic carbocycles. The Morgan fingerprint density at radius 2 is 1.94 bits per heavy atom. The summed E-state index contributed by atoms with van der Waals surface area (Å²) in [7, 11) is 0. The summed E-state index contributed by atoms with van der Waals surface area (Å²) in [5.74, 6) is 0. The zero-order valence-corrected chi connectivity index (χ0v) is 11.2. The van der Waals surface area contributed by atoms with Crippen LogP contribution in [0.5, 0.6) is 0 Å². The van der Waals surface area contributed by atoms with E-state index in [1.807, 2.05) is 23.1 Å². The molecule has 96 valence electrons. The molecule has 0 fully saturated rings. The lowest BCUT2D eigenvalue weighted by Gasteiger charge is -2.07. The van der Waals surface area contributed by atoms with Crippen molar-refractivity contribution in [1.29, 1.82) is 0 Å². The van der Waals surface area contributed by atoms with E-state index in [0.29, 0.717) is 0 Å². The van der Waals surface area contributed by atoms with Crippen LogP contribution in [0.1, 0.15) is 23.1 Å². The first kappa shape index (κ1) is 12.8. The minimum atomic E-state index is 0.946. The second-order valence-electron chi connectivity index (χ2n) is 4.80. The summed E-state index contributed by atoms with van der Waals surface area (Å²) in [5.41, 5.74) is 4.04. The van der Waals surface area contributed by atoms with E-state index in [-0.39, 0.29) is 0 Å². The number of rotatable bonds is 6. The largest absolute Gasteiger partial charge is 0.313 e. The van der Waals surface area contributed by atoms with E-state index in [2.05, 4.69) is 42.5 Å². The molecule has 2 aromatic rings. The molecule has 0 radical (unpaired) electrons. The van der Waals surface area contributed by atoms with Crippen molar-refractivity contribution >= 4 is 0 Å². The summed E-state index contributed by atoms with van der Waals surface area (Å²) in [6.45, 7) is 7.24. The first-order valence-electron chi connectivity index (χ1n) is 6.49. The van der Waals surface area contributed by atoms with E-state index in [1.54, 1.807) is 0 Å². The van der Waals surface area contributed by atoms with Crippen LogP contribution in [0, 0.1) is 13.8 Å². The molecular formula is C15H21N3. The van der Waals surface area contributed by atoms with Gasteiger partial charge in [0.05, 0.1) is 0 Å². The number of hydrogen-bond acceptors (Lipinski definition) is 2. The summed E-state index contributed by atoms with van der Waals surface area (Å²) >= 11 is 0. The van der Waals surface area contributed by atoms with Gasteiger partial charge in [-0.2, -0.15) is 5.10 Å². The van der Waals surface area contributed by atoms with Crippen LogP contribution in [0.3, 0.4) is 0 Å². The first-order chi connectivity index (χ1) is 8.74. The summed E-state index contributed by atoms with van der Waals surface area (Å²) in [5, 5.41) is 7.66. The number of nitrogens with one attached hydrogen (secondary N) is 1. The lowest BCUT2D eigenvalue weighted by atomic mass is 10.1. The van der Waals surface area contributed by atoms with Crippen LogP contribution in [0.15, 0.2) is 36.7 Å². The average Bonchev–Trinajstić information content (AvgIpc) is 2.80. The van der Waals surface area contributed by atoms with Crippen LogP contribution < -0.4 is 5.32 Å². The number of aryl methyl sites for hydroxylation is 3. The van der Waals surface area contributed by atoms with Crippen LogP contribution in [0.25, 0.3) is 0 Å². The lowest BCUT2D eigenvalue weighted by Crippen LogP contribution is -2.16. The first-order valence-corrected chi connectivity index (χ1v) is 6.49. The van der Waals surface area contributed by atoms with Gasteiger partial charge in [-0.1, -0.05) is 29.3 Å². The standard InChI is InChI=1S/C15H21N3/c1-13-9-14(2)11-15(10-13)12-16-5-3-7-18-8-4-6-17-18/h4,6,8-11,16H,3,5,7,12H2,1-2H3. The highest BCUT2D eigenvalue weighted by molar-refractivity contribution is 5.28. The van der Waals surface area contributed by atoms with Gasteiger partial charge in [-0.15, -0.1) is 0 Å². The maximum atomic E-state index is 4.18. The van der Waals surface area contributed by atoms with E-state index in [9.17, 15) is 0 Å². The molecule has 0 aliphatic rings. The third-order valence-electron chi connectivity index (χ3n) is 2.91. The van der Waals surface area contributed by atoms with Crippen LogP contribution >= 0.6 is 0 Å². The smallest absolute Gasteiger partial charge is 0.0489 e. The molecule has 0 atom stereocenters. The van der Waals surface area contributed by atoms with Gasteiger partial charge in [-0.3, -0.25) is 4.68 Å². The number of aromatic nitrogens is 2. The van der Waals surface area contributed by atoms with Crippen LogP contribution in [0.4, 0.5) is 0 Å². The molecule has 1 N–H and O–H groups in total. The molecular weight excluding hydrogens is 222 g/mol. The van der Waals surface area contributed by atoms with Crippen molar-refractivity contribution in [3.8, 4) is 0 Å². The predicted molar refractivity (Wildman–Crippen MR) is 74.5 cm³/mol. The Hall–Kier alpha value is -1.61. The average molecular weight is 243 g/mol. The van der Waals surface area contributed by atoms with Gasteiger partial charge in [-0.25, -0.2) is 0 Å². The van der Waals surface area contributed by atoms with E-state index < -0.39 is 0 Å². The molecule has 18 heavy (non-hydrogen) atoms. The van der Waals surface area contributed by atoms with Crippen molar-refractivity contribution in [3.63, 3.8) is 0 Å². The van der Waals surface area contributed by atoms with Gasteiger partial charge in [0.15, 0.2) is 0 Å². The minimum Gasteiger partial charge on any atom is -0.313 e. The van der Waals surface area contributed by atoms with Crippen molar-refractivity contribution in [3.05, 3.63) is 53.3 Å². The van der Waals surface area contributed by atoms with Crippen molar-refractivity contribution in [2.24, 2.45) is 0 Å². The second-order valence-corrected chi connectivity index (χ2v) is 4.80. The molecule has 0 saturated carbocycles. The van der Waals surface area contributed by atoms with Crippen LogP contribution in [-0.4, -0.2) is 16.3 Å². The van der Waals surface area contributed by atoms with Crippen molar-refractivity contribution in [2.75, 3.05) is 6.54 Å². The van der Waals surface area contributed by atoms with Gasteiger partial charge in [0.2, 0.25) is 0 Å². The quantitative estimate of drug-likeness (QED) is 0.791. The Bertz CT molecular complexity index is 454. The van der Waals surface area contributed by atoms with Gasteiger partial charge in [-0.05, 0) is 38.4 Å². The second kappa shape index (κ2) is 6.36. The van der Waals surface area contributed by atoms with E-state index >= 15 is 0 Å². The zero-order valence-electron chi connectivity index (χ0n) is 11.2. The molecule has 1 aromatic heterocycles. The van der Waals surface area contributed by atoms with Gasteiger partial charge >= 0.3 is 0 Å². The molecule has 1 heterocycles. The number of hydrogen-bond donors (Lipinski definition) is 1. The topological polar surface area (TPSA) is 29.9 Å². The molecule has 0 spiro atoms. The molecule has 0 aliphatic carbocycles. The van der Waals surface area contributed by atoms with E-state index in [1.165, 1.54) is 16.7 Å². The van der Waals surface area contributed by atoms with Gasteiger partial charge in [0.1, 0.15) is 0 Å². The highest BCUT2D eigenvalue weighted by Gasteiger charge is 1.96. The molecule has 0 amide bonds. The van der Waals surface area contributed by atoms with Gasteiger partial charge in [0, 0.05) is 25.5 Å². The van der Waals surface area contributed by atoms with Crippen LogP contribution in [-0.2, 0) is 13.1 Å². The molecule has 0 aliphatic heterocycles. The van der Waals surface area contributed by atoms with Crippen LogP contribution in [0.2, 0.25) is 0 Å². The fraction of sp³-hybridized carbons (Fsp3) is 0.400. The third kappa shape index (κ3) is 4.00. The molecule has 0 unspecified atom stereocenters. The third-order valence-corrected chi connectivity index (χ3v) is 2.91. The molecule has 0 bridgehead atoms. The maximum absolute atomic E-state index is 4.18. The fourth-order valence-electron chi connectivity index (χ4n) is 2.20. The Morgan fingerprint density at radius 3 is 2.61 bits per heavy atom. The fourth-order valence-corrected chi connectivity index (χ4v) is 2.20. The summed E-state index contributed by atoms with van der Waals surface area (Å²) in [6, 6.07) is 8.66. The number of benzene rings is 1. The highest BCUT2D eigenvalue weighted by atomic mass is 15.3. The molecule has 3 heteroatoms. The highest BCUT2D eigenvalue weighted by Crippen LogP contribution is 2.08. The van der Waals surface area contributed by atoms with Crippen molar-refractivity contribution in [2.45, 2.75) is 33.4 Å². The van der Waals surface area contributed by atoms with Gasteiger partial charge < -0.3 is 5.32 Å². The van der Waals surface area contributed by atoms with Crippen molar-refractivity contribution in [1.82, 2.24) is 15.1 Å². The SMILES string of the molecule is Cc1cc(C)cc(CNCCCn2cccn2)c1. The van der Waals surface area contributed by atoms with E-state index in [4.69, 9.17) is 0 Å². The summed E-state index contributed by atoms with van der Waals surface area (Å²) in [4.78, 5) is 0. The van der Waals surface area contributed by atoms with Crippen molar-refractivity contribution < 1.29 is 0 Å². The monoisotopic (exact) mass is 243 g/mol. The lowest BCUT2D eigenvalue weighted by molar-refractivity contribution is 0.543. The minimum absolute atomic E-state index is 0.946. The molecule has 3 nitrogen and oxygen atoms in total. The Kier molecular flexibility index (Phi) is 4.53. The normalized spacial score (nSPS) is 10.8. The Morgan fingerprint density at radius 1 is 1.17 bits per heavy atom. The summed E-state index contributed by atoms with van der Waals surface area (Å²) < 4.78 is 1.97. The summed E-state index contributed by atoms with van der Waals surface area (Å²) in [6.07, 6.45) is 4.93. The van der Waals surface area contributed by atoms with Gasteiger partial charge in [0.25, 0.3) is 0 Å². The predicted octanol–water partition coefficient (Wildman–Crippen LogP) is 2.68. The maximum Gasteiger partial charge on any atom is 0.0489 e. The number of nitrogens with zero attached hydrogens (tertiary/aromatic N) is 2. The zero-order chi connectivity index (χ0) is 12.8. The Labute approximate surface area is 109 Å². The Balaban J connectivity index is 1.68. The molecule has 0 saturated heterocycles. The molecule has 2 rings (SSSR count). The van der Waals surface area contributed by atoms with E-state index in [0.717, 1.165) is 26.1 Å².